The molecule has 3 rings (SSSR count). The lowest BCUT2D eigenvalue weighted by atomic mass is 10.0. The van der Waals surface area contributed by atoms with Gasteiger partial charge in [0.05, 0.1) is 13.0 Å². The first kappa shape index (κ1) is 19.2. The number of carbonyl (C=O) groups is 2. The van der Waals surface area contributed by atoms with E-state index in [-0.39, 0.29) is 43.2 Å². The van der Waals surface area contributed by atoms with Gasteiger partial charge in [0.2, 0.25) is 11.8 Å². The molecule has 5 nitrogen and oxygen atoms in total. The van der Waals surface area contributed by atoms with Gasteiger partial charge in [-0.25, -0.2) is 0 Å². The van der Waals surface area contributed by atoms with Gasteiger partial charge in [0.1, 0.15) is 0 Å². The second kappa shape index (κ2) is 8.83. The number of piperidine rings is 1. The van der Waals surface area contributed by atoms with Gasteiger partial charge in [0, 0.05) is 19.1 Å². The van der Waals surface area contributed by atoms with Gasteiger partial charge in [-0.05, 0) is 29.2 Å². The number of likely N-dealkylation sites (tertiary alicyclic amines) is 1. The molecule has 0 aromatic heterocycles. The molecule has 1 heterocycles. The largest absolute Gasteiger partial charge is 0.347 e. The number of nitrogens with two attached hydrogens (primary N) is 1. The summed E-state index contributed by atoms with van der Waals surface area (Å²) in [6.07, 6.45) is 2.15. The molecular formula is C19H24ClN3O2. The van der Waals surface area contributed by atoms with Gasteiger partial charge in [0.15, 0.2) is 0 Å². The fraction of sp³-hybridized carbons (Fsp3) is 0.368. The molecule has 1 fully saturated rings. The van der Waals surface area contributed by atoms with Gasteiger partial charge < -0.3 is 16.0 Å². The molecule has 1 unspecified atom stereocenters. The van der Waals surface area contributed by atoms with Crippen LogP contribution in [0.3, 0.4) is 0 Å². The van der Waals surface area contributed by atoms with Gasteiger partial charge in [-0.1, -0.05) is 42.5 Å². The van der Waals surface area contributed by atoms with Gasteiger partial charge in [-0.15, -0.1) is 12.4 Å². The summed E-state index contributed by atoms with van der Waals surface area (Å²) in [6, 6.07) is 14.0. The molecule has 2 aromatic rings. The predicted molar refractivity (Wildman–Crippen MR) is 102 cm³/mol. The maximum absolute atomic E-state index is 12.2. The fourth-order valence-electron chi connectivity index (χ4n) is 3.20. The van der Waals surface area contributed by atoms with Crippen molar-refractivity contribution in [3.8, 4) is 0 Å². The van der Waals surface area contributed by atoms with Crippen LogP contribution in [-0.4, -0.2) is 42.4 Å². The quantitative estimate of drug-likeness (QED) is 0.872. The highest BCUT2D eigenvalue weighted by atomic mass is 35.5. The van der Waals surface area contributed by atoms with E-state index >= 15 is 0 Å². The molecule has 1 aliphatic rings. The Hall–Kier alpha value is -2.11. The zero-order chi connectivity index (χ0) is 16.9. The molecular weight excluding hydrogens is 338 g/mol. The predicted octanol–water partition coefficient (Wildman–Crippen LogP) is 1.87. The van der Waals surface area contributed by atoms with Crippen LogP contribution in [0.15, 0.2) is 42.5 Å². The van der Waals surface area contributed by atoms with Crippen molar-refractivity contribution in [2.75, 3.05) is 19.6 Å². The summed E-state index contributed by atoms with van der Waals surface area (Å²) in [6.45, 7) is 1.35. The van der Waals surface area contributed by atoms with Crippen molar-refractivity contribution in [3.63, 3.8) is 0 Å². The molecule has 2 aromatic carbocycles. The van der Waals surface area contributed by atoms with Crippen LogP contribution in [0.25, 0.3) is 10.8 Å². The zero-order valence-corrected chi connectivity index (χ0v) is 14.9. The first-order chi connectivity index (χ1) is 11.6. The van der Waals surface area contributed by atoms with Crippen LogP contribution in [-0.2, 0) is 16.0 Å². The van der Waals surface area contributed by atoms with Crippen molar-refractivity contribution >= 4 is 35.0 Å². The van der Waals surface area contributed by atoms with E-state index in [1.807, 2.05) is 42.5 Å². The van der Waals surface area contributed by atoms with Crippen molar-refractivity contribution in [1.82, 2.24) is 10.2 Å². The summed E-state index contributed by atoms with van der Waals surface area (Å²) >= 11 is 0. The topological polar surface area (TPSA) is 75.4 Å². The molecule has 3 N–H and O–H groups in total. The fourth-order valence-corrected chi connectivity index (χ4v) is 3.20. The van der Waals surface area contributed by atoms with E-state index in [1.165, 1.54) is 0 Å². The highest BCUT2D eigenvalue weighted by molar-refractivity contribution is 5.91. The number of hydrogen-bond donors (Lipinski definition) is 2. The Morgan fingerprint density at radius 3 is 2.72 bits per heavy atom. The third-order valence-electron chi connectivity index (χ3n) is 4.48. The lowest BCUT2D eigenvalue weighted by molar-refractivity contribution is -0.133. The third-order valence-corrected chi connectivity index (χ3v) is 4.48. The number of nitrogens with zero attached hydrogens (tertiary/aromatic N) is 1. The summed E-state index contributed by atoms with van der Waals surface area (Å²) in [4.78, 5) is 26.1. The minimum atomic E-state index is -0.138. The van der Waals surface area contributed by atoms with E-state index in [0.717, 1.165) is 35.7 Å². The molecule has 2 amide bonds. The summed E-state index contributed by atoms with van der Waals surface area (Å²) in [5.41, 5.74) is 6.86. The van der Waals surface area contributed by atoms with Crippen molar-refractivity contribution in [2.45, 2.75) is 25.3 Å². The Bertz CT molecular complexity index is 745. The number of fused-ring (bicyclic) bond motifs is 1. The van der Waals surface area contributed by atoms with Crippen molar-refractivity contribution < 1.29 is 9.59 Å². The molecule has 0 spiro atoms. The third kappa shape index (κ3) is 4.94. The van der Waals surface area contributed by atoms with Crippen LogP contribution in [0.1, 0.15) is 18.4 Å². The van der Waals surface area contributed by atoms with Gasteiger partial charge in [-0.2, -0.15) is 0 Å². The second-order valence-electron chi connectivity index (χ2n) is 6.33. The number of amides is 2. The summed E-state index contributed by atoms with van der Waals surface area (Å²) < 4.78 is 0. The second-order valence-corrected chi connectivity index (χ2v) is 6.33. The number of rotatable bonds is 4. The van der Waals surface area contributed by atoms with Crippen molar-refractivity contribution in [2.24, 2.45) is 5.73 Å². The number of benzene rings is 2. The van der Waals surface area contributed by atoms with Crippen LogP contribution in [0.5, 0.6) is 0 Å². The molecule has 0 radical (unpaired) electrons. The summed E-state index contributed by atoms with van der Waals surface area (Å²) in [5.74, 6) is -0.197. The molecule has 1 atom stereocenters. The SMILES string of the molecule is Cl.NC1CCCN(C(=O)CNC(=O)Cc2cccc3ccccc23)C1. The Kier molecular flexibility index (Phi) is 6.79. The van der Waals surface area contributed by atoms with Crippen LogP contribution in [0.4, 0.5) is 0 Å². The molecule has 0 saturated carbocycles. The van der Waals surface area contributed by atoms with E-state index in [4.69, 9.17) is 5.73 Å². The minimum Gasteiger partial charge on any atom is -0.347 e. The summed E-state index contributed by atoms with van der Waals surface area (Å²) in [5, 5.41) is 4.92. The average molecular weight is 362 g/mol. The van der Waals surface area contributed by atoms with Gasteiger partial charge in [0.25, 0.3) is 0 Å². The minimum absolute atomic E-state index is 0. The molecule has 1 saturated heterocycles. The van der Waals surface area contributed by atoms with E-state index in [1.54, 1.807) is 4.90 Å². The Morgan fingerprint density at radius 1 is 1.16 bits per heavy atom. The van der Waals surface area contributed by atoms with Crippen LogP contribution in [0.2, 0.25) is 0 Å². The highest BCUT2D eigenvalue weighted by Gasteiger charge is 2.21. The normalized spacial score (nSPS) is 17.0. The van der Waals surface area contributed by atoms with E-state index in [0.29, 0.717) is 6.54 Å². The molecule has 6 heteroatoms. The van der Waals surface area contributed by atoms with Gasteiger partial charge >= 0.3 is 0 Å². The summed E-state index contributed by atoms with van der Waals surface area (Å²) in [7, 11) is 0. The van der Waals surface area contributed by atoms with E-state index in [9.17, 15) is 9.59 Å². The Labute approximate surface area is 154 Å². The molecule has 25 heavy (non-hydrogen) atoms. The lowest BCUT2D eigenvalue weighted by Gasteiger charge is -2.30. The van der Waals surface area contributed by atoms with E-state index < -0.39 is 0 Å². The molecule has 1 aliphatic heterocycles. The first-order valence-electron chi connectivity index (χ1n) is 8.40. The average Bonchev–Trinajstić information content (AvgIpc) is 2.60. The van der Waals surface area contributed by atoms with Crippen molar-refractivity contribution in [1.29, 1.82) is 0 Å². The van der Waals surface area contributed by atoms with Crippen LogP contribution >= 0.6 is 12.4 Å². The van der Waals surface area contributed by atoms with Gasteiger partial charge in [-0.3, -0.25) is 9.59 Å². The maximum Gasteiger partial charge on any atom is 0.242 e. The van der Waals surface area contributed by atoms with Crippen LogP contribution < -0.4 is 11.1 Å². The number of nitrogens with one attached hydrogen (secondary N) is 1. The highest BCUT2D eigenvalue weighted by Crippen LogP contribution is 2.18. The van der Waals surface area contributed by atoms with Crippen LogP contribution in [0, 0.1) is 0 Å². The number of hydrogen-bond acceptors (Lipinski definition) is 3. The smallest absolute Gasteiger partial charge is 0.242 e. The molecule has 0 aliphatic carbocycles. The standard InChI is InChI=1S/C19H23N3O2.ClH/c20-16-8-4-10-22(13-16)19(24)12-21-18(23)11-15-7-3-6-14-5-1-2-9-17(14)15;/h1-3,5-7,9,16H,4,8,10-13,20H2,(H,21,23);1H. The molecule has 0 bridgehead atoms. The maximum atomic E-state index is 12.2. The van der Waals surface area contributed by atoms with E-state index in [2.05, 4.69) is 5.32 Å². The zero-order valence-electron chi connectivity index (χ0n) is 14.1. The number of carbonyl (C=O) groups excluding carboxylic acids is 2. The Morgan fingerprint density at radius 2 is 1.92 bits per heavy atom. The lowest BCUT2D eigenvalue weighted by Crippen LogP contribution is -2.49. The molecule has 134 valence electrons. The Balaban J connectivity index is 0.00000225. The monoisotopic (exact) mass is 361 g/mol. The first-order valence-corrected chi connectivity index (χ1v) is 8.40. The van der Waals surface area contributed by atoms with Crippen molar-refractivity contribution in [3.05, 3.63) is 48.0 Å². The number of halogens is 1.